The van der Waals surface area contributed by atoms with E-state index in [1.165, 1.54) is 0 Å². The fourth-order valence-electron chi connectivity index (χ4n) is 1.13. The molecule has 0 aromatic heterocycles. The predicted octanol–water partition coefficient (Wildman–Crippen LogP) is 3.33. The van der Waals surface area contributed by atoms with Crippen LogP contribution in [0.1, 0.15) is 24.2 Å². The van der Waals surface area contributed by atoms with Crippen molar-refractivity contribution in [3.05, 3.63) is 34.9 Å². The second-order valence-electron chi connectivity index (χ2n) is 3.98. The number of amides is 1. The van der Waals surface area contributed by atoms with E-state index in [-0.39, 0.29) is 11.3 Å². The van der Waals surface area contributed by atoms with Gasteiger partial charge in [-0.2, -0.15) is 0 Å². The summed E-state index contributed by atoms with van der Waals surface area (Å²) in [6, 6.07) is 6.76. The number of alkyl halides is 1. The van der Waals surface area contributed by atoms with Crippen molar-refractivity contribution < 1.29 is 4.79 Å². The summed E-state index contributed by atoms with van der Waals surface area (Å²) in [5, 5.41) is 3.36. The molecule has 0 aliphatic rings. The van der Waals surface area contributed by atoms with Crippen LogP contribution in [0.4, 0.5) is 0 Å². The molecule has 0 saturated carbocycles. The molecule has 0 saturated heterocycles. The number of carbonyl (C=O) groups is 1. The van der Waals surface area contributed by atoms with Gasteiger partial charge in [0.2, 0.25) is 0 Å². The molecule has 16 heavy (non-hydrogen) atoms. The highest BCUT2D eigenvalue weighted by molar-refractivity contribution is 6.30. The molecule has 0 heterocycles. The topological polar surface area (TPSA) is 29.1 Å². The second kappa shape index (κ2) is 6.12. The van der Waals surface area contributed by atoms with Gasteiger partial charge in [0.15, 0.2) is 0 Å². The molecule has 1 amide bonds. The van der Waals surface area contributed by atoms with E-state index < -0.39 is 0 Å². The number of rotatable bonds is 4. The van der Waals surface area contributed by atoms with E-state index in [1.807, 2.05) is 13.8 Å². The molecule has 0 aliphatic carbocycles. The number of carbonyl (C=O) groups excluding carboxylic acids is 1. The zero-order valence-corrected chi connectivity index (χ0v) is 10.8. The largest absolute Gasteiger partial charge is 0.351 e. The van der Waals surface area contributed by atoms with Crippen LogP contribution in [-0.2, 0) is 0 Å². The van der Waals surface area contributed by atoms with Gasteiger partial charge in [0.25, 0.3) is 5.91 Å². The van der Waals surface area contributed by atoms with Gasteiger partial charge in [-0.3, -0.25) is 4.79 Å². The molecule has 4 heteroatoms. The van der Waals surface area contributed by atoms with Crippen LogP contribution in [0.15, 0.2) is 24.3 Å². The third-order valence-corrected chi connectivity index (χ3v) is 3.20. The van der Waals surface area contributed by atoms with Crippen LogP contribution in [0.25, 0.3) is 0 Å². The van der Waals surface area contributed by atoms with Gasteiger partial charge in [-0.05, 0) is 30.2 Å². The van der Waals surface area contributed by atoms with Crippen LogP contribution in [0, 0.1) is 5.92 Å². The summed E-state index contributed by atoms with van der Waals surface area (Å²) in [4.78, 5) is 11.7. The van der Waals surface area contributed by atoms with Crippen molar-refractivity contribution in [1.29, 1.82) is 0 Å². The first-order chi connectivity index (χ1) is 7.50. The number of hydrogen-bond donors (Lipinski definition) is 1. The molecule has 2 nitrogen and oxygen atoms in total. The highest BCUT2D eigenvalue weighted by Gasteiger charge is 2.11. The van der Waals surface area contributed by atoms with Crippen molar-refractivity contribution in [2.24, 2.45) is 5.92 Å². The minimum absolute atomic E-state index is 0.0451. The summed E-state index contributed by atoms with van der Waals surface area (Å²) < 4.78 is 0. The highest BCUT2D eigenvalue weighted by atomic mass is 35.5. The Kier molecular flexibility index (Phi) is 5.10. The number of halogens is 2. The van der Waals surface area contributed by atoms with Gasteiger partial charge in [0.1, 0.15) is 0 Å². The first-order valence-electron chi connectivity index (χ1n) is 5.18. The van der Waals surface area contributed by atoms with Crippen molar-refractivity contribution in [2.75, 3.05) is 6.54 Å². The molecule has 1 unspecified atom stereocenters. The molecular formula is C12H15Cl2NO. The number of nitrogens with one attached hydrogen (secondary N) is 1. The second-order valence-corrected chi connectivity index (χ2v) is 4.97. The van der Waals surface area contributed by atoms with Gasteiger partial charge in [0.05, 0.1) is 5.38 Å². The minimum Gasteiger partial charge on any atom is -0.351 e. The summed E-state index contributed by atoms with van der Waals surface area (Å²) in [6.07, 6.45) is 0. The van der Waals surface area contributed by atoms with E-state index in [2.05, 4.69) is 5.32 Å². The molecule has 1 atom stereocenters. The standard InChI is InChI=1S/C12H15Cl2NO/c1-8(2)11(14)7-15-12(16)9-3-5-10(13)6-4-9/h3-6,8,11H,7H2,1-2H3,(H,15,16). The lowest BCUT2D eigenvalue weighted by molar-refractivity contribution is 0.0952. The lowest BCUT2D eigenvalue weighted by Crippen LogP contribution is -2.31. The van der Waals surface area contributed by atoms with E-state index in [0.717, 1.165) is 0 Å². The SMILES string of the molecule is CC(C)C(Cl)CNC(=O)c1ccc(Cl)cc1. The third kappa shape index (κ3) is 4.03. The van der Waals surface area contributed by atoms with Gasteiger partial charge in [0, 0.05) is 17.1 Å². The quantitative estimate of drug-likeness (QED) is 0.826. The summed E-state index contributed by atoms with van der Waals surface area (Å²) in [7, 11) is 0. The summed E-state index contributed by atoms with van der Waals surface area (Å²) >= 11 is 11.8. The lowest BCUT2D eigenvalue weighted by Gasteiger charge is -2.13. The van der Waals surface area contributed by atoms with Crippen LogP contribution >= 0.6 is 23.2 Å². The van der Waals surface area contributed by atoms with Crippen molar-refractivity contribution in [2.45, 2.75) is 19.2 Å². The monoisotopic (exact) mass is 259 g/mol. The highest BCUT2D eigenvalue weighted by Crippen LogP contribution is 2.10. The smallest absolute Gasteiger partial charge is 0.251 e. The average molecular weight is 260 g/mol. The van der Waals surface area contributed by atoms with E-state index >= 15 is 0 Å². The van der Waals surface area contributed by atoms with Crippen LogP contribution in [0.2, 0.25) is 5.02 Å². The Morgan fingerprint density at radius 2 is 1.88 bits per heavy atom. The Hall–Kier alpha value is -0.730. The maximum atomic E-state index is 11.7. The van der Waals surface area contributed by atoms with Gasteiger partial charge in [-0.1, -0.05) is 25.4 Å². The van der Waals surface area contributed by atoms with Crippen LogP contribution < -0.4 is 5.32 Å². The Balaban J connectivity index is 2.50. The van der Waals surface area contributed by atoms with E-state index in [0.29, 0.717) is 23.0 Å². The minimum atomic E-state index is -0.122. The van der Waals surface area contributed by atoms with Crippen molar-refractivity contribution in [1.82, 2.24) is 5.32 Å². The van der Waals surface area contributed by atoms with Crippen molar-refractivity contribution in [3.8, 4) is 0 Å². The first-order valence-corrected chi connectivity index (χ1v) is 6.00. The Morgan fingerprint density at radius 3 is 2.38 bits per heavy atom. The average Bonchev–Trinajstić information content (AvgIpc) is 2.26. The molecule has 0 spiro atoms. The van der Waals surface area contributed by atoms with Gasteiger partial charge in [-0.25, -0.2) is 0 Å². The predicted molar refractivity (Wildman–Crippen MR) is 68.3 cm³/mol. The van der Waals surface area contributed by atoms with Crippen molar-refractivity contribution >= 4 is 29.1 Å². The summed E-state index contributed by atoms with van der Waals surface area (Å²) in [5.74, 6) is 0.218. The molecule has 1 N–H and O–H groups in total. The van der Waals surface area contributed by atoms with Crippen molar-refractivity contribution in [3.63, 3.8) is 0 Å². The summed E-state index contributed by atoms with van der Waals surface area (Å²) in [6.45, 7) is 4.51. The van der Waals surface area contributed by atoms with Gasteiger partial charge < -0.3 is 5.32 Å². The Morgan fingerprint density at radius 1 is 1.31 bits per heavy atom. The number of hydrogen-bond acceptors (Lipinski definition) is 1. The fourth-order valence-corrected chi connectivity index (χ4v) is 1.33. The molecule has 1 rings (SSSR count). The maximum absolute atomic E-state index is 11.7. The molecule has 0 bridgehead atoms. The third-order valence-electron chi connectivity index (χ3n) is 2.29. The molecule has 0 radical (unpaired) electrons. The molecular weight excluding hydrogens is 245 g/mol. The zero-order chi connectivity index (χ0) is 12.1. The van der Waals surface area contributed by atoms with Crippen LogP contribution in [0.5, 0.6) is 0 Å². The van der Waals surface area contributed by atoms with Gasteiger partial charge in [-0.15, -0.1) is 11.6 Å². The van der Waals surface area contributed by atoms with Crippen LogP contribution in [-0.4, -0.2) is 17.8 Å². The fraction of sp³-hybridized carbons (Fsp3) is 0.417. The Labute approximate surface area is 106 Å². The Bertz CT molecular complexity index is 349. The van der Waals surface area contributed by atoms with E-state index in [4.69, 9.17) is 23.2 Å². The molecule has 0 aliphatic heterocycles. The van der Waals surface area contributed by atoms with Crippen LogP contribution in [0.3, 0.4) is 0 Å². The van der Waals surface area contributed by atoms with E-state index in [9.17, 15) is 4.79 Å². The summed E-state index contributed by atoms with van der Waals surface area (Å²) in [5.41, 5.74) is 0.594. The maximum Gasteiger partial charge on any atom is 0.251 e. The molecule has 0 fully saturated rings. The zero-order valence-electron chi connectivity index (χ0n) is 9.34. The van der Waals surface area contributed by atoms with E-state index in [1.54, 1.807) is 24.3 Å². The first kappa shape index (κ1) is 13.3. The normalized spacial score (nSPS) is 12.6. The molecule has 88 valence electrons. The number of benzene rings is 1. The molecule has 1 aromatic carbocycles. The molecule has 1 aromatic rings. The van der Waals surface area contributed by atoms with Gasteiger partial charge >= 0.3 is 0 Å². The lowest BCUT2D eigenvalue weighted by atomic mass is 10.1.